The molecule has 3 amide bonds. The third kappa shape index (κ3) is 21.3. The zero-order valence-corrected chi connectivity index (χ0v) is 57.2. The van der Waals surface area contributed by atoms with Crippen LogP contribution in [0, 0.1) is 42.1 Å². The lowest BCUT2D eigenvalue weighted by Gasteiger charge is -2.45. The monoisotopic (exact) mass is 1290 g/mol. The Balaban J connectivity index is 1.01. The number of ether oxygens (including phenoxy) is 12. The fourth-order valence-corrected chi connectivity index (χ4v) is 13.7. The van der Waals surface area contributed by atoms with E-state index in [1.165, 1.54) is 20.8 Å². The maximum Gasteiger partial charge on any atom is 0.259 e. The van der Waals surface area contributed by atoms with Crippen molar-refractivity contribution in [2.45, 2.75) is 163 Å². The van der Waals surface area contributed by atoms with Crippen molar-refractivity contribution in [1.82, 2.24) is 20.6 Å². The molecule has 508 valence electrons. The van der Waals surface area contributed by atoms with Gasteiger partial charge in [-0.1, -0.05) is 96.1 Å². The highest BCUT2D eigenvalue weighted by Crippen LogP contribution is 2.46. The van der Waals surface area contributed by atoms with Gasteiger partial charge in [0.2, 0.25) is 24.3 Å². The number of nitrogens with zero attached hydrogens (tertiary/aromatic N) is 2. The lowest BCUT2D eigenvalue weighted by Crippen LogP contribution is -2.59. The van der Waals surface area contributed by atoms with Gasteiger partial charge in [-0.25, -0.2) is 11.2 Å². The third-order valence-corrected chi connectivity index (χ3v) is 19.8. The van der Waals surface area contributed by atoms with Crippen LogP contribution in [0.15, 0.2) is 78.9 Å². The number of rotatable bonds is 37. The molecule has 3 aromatic rings. The topological polar surface area (TPSA) is 224 Å². The van der Waals surface area contributed by atoms with E-state index in [-0.39, 0.29) is 144 Å². The zero-order chi connectivity index (χ0) is 66.2. The fourth-order valence-electron chi connectivity index (χ4n) is 12.1. The maximum absolute atomic E-state index is 12.7. The first kappa shape index (κ1) is 75.1. The summed E-state index contributed by atoms with van der Waals surface area (Å²) in [6.07, 6.45) is -3.48. The van der Waals surface area contributed by atoms with Gasteiger partial charge in [-0.3, -0.25) is 14.4 Å². The Kier molecular flexibility index (Phi) is 31.2. The molecule has 3 heterocycles. The van der Waals surface area contributed by atoms with Crippen LogP contribution in [0.5, 0.6) is 11.5 Å². The van der Waals surface area contributed by atoms with Crippen LogP contribution in [0.1, 0.15) is 107 Å². The summed E-state index contributed by atoms with van der Waals surface area (Å²) < 4.78 is 90.2. The van der Waals surface area contributed by atoms with E-state index in [4.69, 9.17) is 72.5 Å². The van der Waals surface area contributed by atoms with Gasteiger partial charge in [-0.15, -0.1) is 0 Å². The van der Waals surface area contributed by atoms with E-state index in [1.807, 2.05) is 78.9 Å². The molecule has 16 atom stereocenters. The quantitative estimate of drug-likeness (QED) is 0.0212. The lowest BCUT2D eigenvalue weighted by molar-refractivity contribution is -0.259. The fraction of sp³-hybridized carbons (Fsp3) is 0.676. The van der Waals surface area contributed by atoms with E-state index in [9.17, 15) is 14.4 Å². The molecule has 3 aromatic carbocycles. The number of methoxy groups -OCH3 is 2. The van der Waals surface area contributed by atoms with E-state index in [0.29, 0.717) is 31.3 Å². The van der Waals surface area contributed by atoms with Gasteiger partial charge in [0, 0.05) is 32.9 Å². The number of benzene rings is 3. The van der Waals surface area contributed by atoms with E-state index in [1.54, 1.807) is 14.2 Å². The van der Waals surface area contributed by atoms with Crippen molar-refractivity contribution in [3.63, 3.8) is 0 Å². The van der Waals surface area contributed by atoms with Gasteiger partial charge >= 0.3 is 0 Å². The van der Waals surface area contributed by atoms with Gasteiger partial charge in [-0.05, 0) is 104 Å². The number of hydrogen-bond donors (Lipinski definition) is 3. The summed E-state index contributed by atoms with van der Waals surface area (Å²) in [5.74, 6) is 0.698. The molecule has 3 fully saturated rings. The summed E-state index contributed by atoms with van der Waals surface area (Å²) in [6.45, 7) is 35.4. The lowest BCUT2D eigenvalue weighted by atomic mass is 9.80. The average Bonchev–Trinajstić information content (AvgIpc) is 0.795. The SMILES string of the molecule is [C-]#[N+]CCOP(OCCOCC1OC(OCCOCC2OC(OCCOCC3OC(OCCOC(c4ccccc4)(c4ccc(OC)cc4)c4ccc(OC)cc4)C(NC(C)=O)C(C)C3C)C(NC(C)=O)C(C)C2C)C(NC(C)=O)C(C)C1C)N(C(C)C)C(C)C. The molecule has 22 nitrogen and oxygen atoms in total. The Bertz CT molecular complexity index is 2600. The van der Waals surface area contributed by atoms with Crippen LogP contribution in [0.2, 0.25) is 0 Å². The van der Waals surface area contributed by atoms with Gasteiger partial charge in [-0.2, -0.15) is 0 Å². The molecule has 0 bridgehead atoms. The van der Waals surface area contributed by atoms with Crippen molar-refractivity contribution in [2.75, 3.05) is 100 Å². The van der Waals surface area contributed by atoms with Crippen LogP contribution in [0.3, 0.4) is 0 Å². The first-order valence-electron chi connectivity index (χ1n) is 32.2. The van der Waals surface area contributed by atoms with Gasteiger partial charge in [0.25, 0.3) is 8.53 Å². The predicted octanol–water partition coefficient (Wildman–Crippen LogP) is 8.92. The highest BCUT2D eigenvalue weighted by atomic mass is 31.2. The Morgan fingerprint density at radius 1 is 0.505 bits per heavy atom. The minimum absolute atomic E-state index is 0.00654. The van der Waals surface area contributed by atoms with Gasteiger partial charge in [0.15, 0.2) is 18.9 Å². The van der Waals surface area contributed by atoms with E-state index >= 15 is 0 Å². The summed E-state index contributed by atoms with van der Waals surface area (Å²) >= 11 is 0. The Labute approximate surface area is 542 Å². The van der Waals surface area contributed by atoms with Crippen molar-refractivity contribution in [3.05, 3.63) is 107 Å². The number of amides is 3. The van der Waals surface area contributed by atoms with E-state index in [0.717, 1.165) is 16.7 Å². The van der Waals surface area contributed by atoms with E-state index in [2.05, 4.69) is 94.7 Å². The van der Waals surface area contributed by atoms with Crippen molar-refractivity contribution < 1.29 is 80.3 Å². The Morgan fingerprint density at radius 3 is 1.21 bits per heavy atom. The van der Waals surface area contributed by atoms with Gasteiger partial charge < -0.3 is 86.7 Å². The highest BCUT2D eigenvalue weighted by molar-refractivity contribution is 7.44. The summed E-state index contributed by atoms with van der Waals surface area (Å²) in [5.41, 5.74) is 1.62. The largest absolute Gasteiger partial charge is 0.497 e. The summed E-state index contributed by atoms with van der Waals surface area (Å²) in [4.78, 5) is 41.1. The number of carbonyl (C=O) groups is 3. The normalized spacial score (nSPS) is 27.3. The third-order valence-electron chi connectivity index (χ3n) is 17.7. The minimum atomic E-state index is -1.39. The maximum atomic E-state index is 12.7. The summed E-state index contributed by atoms with van der Waals surface area (Å²) in [5, 5.41) is 9.20. The molecular formula is C68H104N5O17P. The molecule has 3 aliphatic heterocycles. The van der Waals surface area contributed by atoms with Crippen molar-refractivity contribution >= 4 is 26.2 Å². The smallest absolute Gasteiger partial charge is 0.259 e. The first-order valence-corrected chi connectivity index (χ1v) is 33.3. The Hall–Kier alpha value is -4.93. The second-order valence-corrected chi connectivity index (χ2v) is 26.0. The standard InChI is InChI=1S/C68H104N5O17P/c1-43(2)73(44(3)4)91(86-31-30-69-14)87-39-34-81-42-61-47(7)49(9)63(71-52(12)75)66(89-61)83-36-32-79-40-59-45(5)48(8)62(70-51(11)74)65(88-59)82-35-33-80-41-60-46(6)50(10)64(72-53(13)76)67(90-60)84-37-38-85-68(54-20-18-17-19-21-54,55-22-26-57(77-15)27-23-55)56-24-28-58(78-16)29-25-56/h17-29,43-50,59-67H,30-42H2,1-13,15-16H3,(H,70,74)(H,71,75)(H,72,76). The first-order chi connectivity index (χ1) is 43.6. The predicted molar refractivity (Wildman–Crippen MR) is 345 cm³/mol. The van der Waals surface area contributed by atoms with Crippen molar-refractivity contribution in [2.24, 2.45) is 35.5 Å². The molecule has 3 N–H and O–H groups in total. The van der Waals surface area contributed by atoms with Crippen LogP contribution in [0.4, 0.5) is 0 Å². The molecule has 0 spiro atoms. The van der Waals surface area contributed by atoms with E-state index < -0.39 is 57.2 Å². The van der Waals surface area contributed by atoms with Crippen LogP contribution in [0.25, 0.3) is 4.85 Å². The highest BCUT2D eigenvalue weighted by Gasteiger charge is 2.46. The minimum Gasteiger partial charge on any atom is -0.497 e. The molecule has 0 saturated carbocycles. The second-order valence-electron chi connectivity index (χ2n) is 24.5. The molecule has 3 aliphatic rings. The molecule has 91 heavy (non-hydrogen) atoms. The molecule has 16 unspecified atom stereocenters. The number of nitrogens with one attached hydrogen (secondary N) is 3. The average molecular weight is 1290 g/mol. The molecule has 6 rings (SSSR count). The molecule has 0 radical (unpaired) electrons. The summed E-state index contributed by atoms with van der Waals surface area (Å²) in [7, 11) is 1.88. The van der Waals surface area contributed by atoms with Gasteiger partial charge in [0.05, 0.1) is 123 Å². The van der Waals surface area contributed by atoms with Crippen LogP contribution in [-0.2, 0) is 76.4 Å². The molecular weight excluding hydrogens is 1190 g/mol. The number of hydrogen-bond acceptors (Lipinski definition) is 18. The van der Waals surface area contributed by atoms with Crippen LogP contribution in [-0.4, -0.2) is 190 Å². The van der Waals surface area contributed by atoms with Crippen molar-refractivity contribution in [3.8, 4) is 11.5 Å². The summed E-state index contributed by atoms with van der Waals surface area (Å²) in [6, 6.07) is 24.8. The molecule has 3 saturated heterocycles. The molecule has 0 aromatic heterocycles. The molecule has 0 aliphatic carbocycles. The molecule has 23 heteroatoms. The van der Waals surface area contributed by atoms with Crippen LogP contribution >= 0.6 is 8.53 Å². The number of carbonyl (C=O) groups excluding carboxylic acids is 3. The zero-order valence-electron chi connectivity index (χ0n) is 56.3. The second kappa shape index (κ2) is 37.8. The van der Waals surface area contributed by atoms with Crippen LogP contribution < -0.4 is 25.4 Å². The van der Waals surface area contributed by atoms with Crippen molar-refractivity contribution in [1.29, 1.82) is 0 Å². The Morgan fingerprint density at radius 2 is 0.857 bits per heavy atom. The van der Waals surface area contributed by atoms with Gasteiger partial charge in [0.1, 0.15) is 23.7 Å².